The molecule has 0 aliphatic carbocycles. The molecule has 422 valence electrons. The number of carbonyl (C=O) groups excluding carboxylic acids is 2. The number of allylic oxidation sites excluding steroid dienone is 12. The molecule has 0 saturated carbocycles. The molecule has 73 heavy (non-hydrogen) atoms. The van der Waals surface area contributed by atoms with Crippen LogP contribution in [0.25, 0.3) is 0 Å². The zero-order valence-corrected chi connectivity index (χ0v) is 48.0. The number of carbonyl (C=O) groups is 3. The van der Waals surface area contributed by atoms with E-state index in [9.17, 15) is 19.5 Å². The van der Waals surface area contributed by atoms with Gasteiger partial charge in [-0.3, -0.25) is 9.59 Å². The van der Waals surface area contributed by atoms with Crippen LogP contribution in [-0.2, 0) is 33.3 Å². The van der Waals surface area contributed by atoms with Crippen LogP contribution in [0.1, 0.15) is 258 Å². The lowest BCUT2D eigenvalue weighted by Crippen LogP contribution is -2.40. The summed E-state index contributed by atoms with van der Waals surface area (Å²) in [5, 5.41) is 9.70. The van der Waals surface area contributed by atoms with E-state index in [0.717, 1.165) is 89.9 Å². The van der Waals surface area contributed by atoms with Crippen LogP contribution in [0.15, 0.2) is 72.9 Å². The fraction of sp³-hybridized carbons (Fsp3) is 0.766. The third kappa shape index (κ3) is 56.3. The van der Waals surface area contributed by atoms with Gasteiger partial charge in [-0.1, -0.05) is 234 Å². The fourth-order valence-electron chi connectivity index (χ4n) is 8.33. The molecule has 2 atom stereocenters. The Morgan fingerprint density at radius 1 is 0.425 bits per heavy atom. The van der Waals surface area contributed by atoms with Gasteiger partial charge >= 0.3 is 17.9 Å². The van der Waals surface area contributed by atoms with Gasteiger partial charge in [0.2, 0.25) is 0 Å². The van der Waals surface area contributed by atoms with Gasteiger partial charge in [0.1, 0.15) is 13.2 Å². The van der Waals surface area contributed by atoms with Crippen LogP contribution >= 0.6 is 0 Å². The Balaban J connectivity index is 4.11. The maximum Gasteiger partial charge on any atom is 0.361 e. The molecule has 9 heteroatoms. The Labute approximate surface area is 449 Å². The molecule has 0 heterocycles. The fourth-order valence-corrected chi connectivity index (χ4v) is 8.33. The van der Waals surface area contributed by atoms with Crippen LogP contribution in [0.2, 0.25) is 0 Å². The molecule has 0 saturated heterocycles. The van der Waals surface area contributed by atoms with Crippen LogP contribution in [0.5, 0.6) is 0 Å². The summed E-state index contributed by atoms with van der Waals surface area (Å²) in [4.78, 5) is 37.4. The van der Waals surface area contributed by atoms with Crippen LogP contribution < -0.4 is 0 Å². The topological polar surface area (TPSA) is 108 Å². The van der Waals surface area contributed by atoms with E-state index in [4.69, 9.17) is 18.9 Å². The van der Waals surface area contributed by atoms with Crippen molar-refractivity contribution in [3.05, 3.63) is 72.9 Å². The third-order valence-corrected chi connectivity index (χ3v) is 12.9. The highest BCUT2D eigenvalue weighted by Crippen LogP contribution is 2.16. The predicted molar refractivity (Wildman–Crippen MR) is 309 cm³/mol. The monoisotopic (exact) mass is 1020 g/mol. The molecular formula is C64H114NO8+. The lowest BCUT2D eigenvalue weighted by molar-refractivity contribution is -0.870. The Bertz CT molecular complexity index is 1420. The van der Waals surface area contributed by atoms with E-state index in [1.807, 2.05) is 21.1 Å². The van der Waals surface area contributed by atoms with Gasteiger partial charge in [-0.2, -0.15) is 0 Å². The number of nitrogens with zero attached hydrogens (tertiary/aromatic N) is 1. The van der Waals surface area contributed by atoms with E-state index in [1.54, 1.807) is 0 Å². The Morgan fingerprint density at radius 3 is 1.18 bits per heavy atom. The Kier molecular flexibility index (Phi) is 52.5. The van der Waals surface area contributed by atoms with Gasteiger partial charge in [0, 0.05) is 12.8 Å². The van der Waals surface area contributed by atoms with Crippen molar-refractivity contribution in [3.63, 3.8) is 0 Å². The second kappa shape index (κ2) is 55.0. The molecule has 0 fully saturated rings. The summed E-state index contributed by atoms with van der Waals surface area (Å²) >= 11 is 0. The van der Waals surface area contributed by atoms with Crippen molar-refractivity contribution in [3.8, 4) is 0 Å². The van der Waals surface area contributed by atoms with Crippen LogP contribution in [0.3, 0.4) is 0 Å². The predicted octanol–water partition coefficient (Wildman–Crippen LogP) is 17.8. The number of quaternary nitrogens is 1. The first-order chi connectivity index (χ1) is 35.6. The molecule has 9 nitrogen and oxygen atoms in total. The van der Waals surface area contributed by atoms with Gasteiger partial charge in [0.05, 0.1) is 34.4 Å². The van der Waals surface area contributed by atoms with Crippen molar-refractivity contribution in [2.75, 3.05) is 47.5 Å². The molecule has 0 spiro atoms. The Morgan fingerprint density at radius 2 is 0.781 bits per heavy atom. The summed E-state index contributed by atoms with van der Waals surface area (Å²) in [5.74, 6) is -2.01. The number of carboxylic acid groups (broad SMARTS) is 1. The number of hydrogen-bond acceptors (Lipinski definition) is 7. The molecular weight excluding hydrogens is 911 g/mol. The standard InChI is InChI=1S/C64H113NO8/c1-6-8-10-12-14-16-18-20-22-23-24-25-26-27-28-29-30-31-32-33-34-35-36-37-38-39-41-43-45-47-49-51-53-55-62(67)73-60(59-72-64(63(68)69)70-57-56-65(3,4)5)58-71-61(66)54-52-50-48-46-44-42-40-21-19-17-15-13-11-9-7-2/h8,10,14,16,20-22,24-25,27-28,40,60,64H,6-7,9,11-13,15,17-19,23,26,29-39,41-59H2,1-5H3/p+1/b10-8-,16-14-,22-20-,25-24-,28-27-,40-21-. The molecule has 1 N–H and O–H groups in total. The zero-order chi connectivity index (χ0) is 53.4. The van der Waals surface area contributed by atoms with Crippen LogP contribution in [0.4, 0.5) is 0 Å². The lowest BCUT2D eigenvalue weighted by atomic mass is 10.0. The van der Waals surface area contributed by atoms with E-state index >= 15 is 0 Å². The summed E-state index contributed by atoms with van der Waals surface area (Å²) in [6.07, 6.45) is 68.5. The van der Waals surface area contributed by atoms with Crippen molar-refractivity contribution in [1.82, 2.24) is 0 Å². The molecule has 0 aliphatic rings. The average molecular weight is 1030 g/mol. The van der Waals surface area contributed by atoms with Gasteiger partial charge in [0.25, 0.3) is 6.29 Å². The smallest absolute Gasteiger partial charge is 0.361 e. The van der Waals surface area contributed by atoms with Crippen molar-refractivity contribution in [1.29, 1.82) is 0 Å². The summed E-state index contributed by atoms with van der Waals surface area (Å²) in [6, 6.07) is 0. The minimum absolute atomic E-state index is 0.186. The highest BCUT2D eigenvalue weighted by atomic mass is 16.7. The molecule has 0 radical (unpaired) electrons. The number of unbranched alkanes of at least 4 members (excludes halogenated alkanes) is 28. The van der Waals surface area contributed by atoms with Crippen molar-refractivity contribution in [2.24, 2.45) is 0 Å². The van der Waals surface area contributed by atoms with E-state index in [1.165, 1.54) is 141 Å². The highest BCUT2D eigenvalue weighted by Gasteiger charge is 2.25. The van der Waals surface area contributed by atoms with Gasteiger partial charge in [-0.25, -0.2) is 4.79 Å². The van der Waals surface area contributed by atoms with Crippen molar-refractivity contribution in [2.45, 2.75) is 270 Å². The van der Waals surface area contributed by atoms with E-state index in [2.05, 4.69) is 86.8 Å². The number of rotatable bonds is 55. The summed E-state index contributed by atoms with van der Waals surface area (Å²) in [6.45, 7) is 4.76. The first-order valence-corrected chi connectivity index (χ1v) is 30.1. The number of hydrogen-bond donors (Lipinski definition) is 1. The Hall–Kier alpha value is -3.27. The first-order valence-electron chi connectivity index (χ1n) is 30.1. The summed E-state index contributed by atoms with van der Waals surface area (Å²) in [7, 11) is 5.97. The SMILES string of the molecule is CC/C=C\C/C=C\C/C=C\C/C=C\C/C=C\CCCCCCCCCCCCCCCCCCCC(=O)OC(COC(=O)CCCCCCC/C=C\CCCCCCCC)COC(OCC[N+](C)(C)C)C(=O)O. The maximum absolute atomic E-state index is 12.9. The molecule has 0 aliphatic heterocycles. The quantitative estimate of drug-likeness (QED) is 0.0211. The van der Waals surface area contributed by atoms with Crippen LogP contribution in [-0.4, -0.2) is 87.4 Å². The molecule has 2 unspecified atom stereocenters. The molecule has 0 bridgehead atoms. The van der Waals surface area contributed by atoms with Crippen LogP contribution in [0, 0.1) is 0 Å². The molecule has 0 aromatic rings. The van der Waals surface area contributed by atoms with E-state index < -0.39 is 24.3 Å². The number of likely N-dealkylation sites (N-methyl/N-ethyl adjacent to an activating group) is 1. The second-order valence-corrected chi connectivity index (χ2v) is 21.3. The van der Waals surface area contributed by atoms with E-state index in [-0.39, 0.29) is 32.2 Å². The van der Waals surface area contributed by atoms with Crippen molar-refractivity contribution < 1.29 is 42.9 Å². The molecule has 0 aromatic carbocycles. The first kappa shape index (κ1) is 69.7. The largest absolute Gasteiger partial charge is 0.477 e. The van der Waals surface area contributed by atoms with Gasteiger partial charge in [0.15, 0.2) is 6.10 Å². The van der Waals surface area contributed by atoms with E-state index in [0.29, 0.717) is 17.4 Å². The van der Waals surface area contributed by atoms with Gasteiger partial charge in [-0.05, 0) is 83.5 Å². The second-order valence-electron chi connectivity index (χ2n) is 21.3. The third-order valence-electron chi connectivity index (χ3n) is 12.9. The minimum Gasteiger partial charge on any atom is -0.477 e. The lowest BCUT2D eigenvalue weighted by Gasteiger charge is -2.25. The summed E-state index contributed by atoms with van der Waals surface area (Å²) in [5.41, 5.74) is 0. The normalized spacial score (nSPS) is 13.3. The van der Waals surface area contributed by atoms with Crippen molar-refractivity contribution >= 4 is 17.9 Å². The van der Waals surface area contributed by atoms with Gasteiger partial charge < -0.3 is 28.5 Å². The highest BCUT2D eigenvalue weighted by molar-refractivity contribution is 5.71. The maximum atomic E-state index is 12.9. The number of aliphatic carboxylic acids is 1. The average Bonchev–Trinajstić information content (AvgIpc) is 3.36. The number of esters is 2. The zero-order valence-electron chi connectivity index (χ0n) is 48.0. The molecule has 0 amide bonds. The molecule has 0 rings (SSSR count). The number of carboxylic acids is 1. The number of ether oxygens (including phenoxy) is 4. The van der Waals surface area contributed by atoms with Gasteiger partial charge in [-0.15, -0.1) is 0 Å². The minimum atomic E-state index is -1.51. The summed E-state index contributed by atoms with van der Waals surface area (Å²) < 4.78 is 22.9. The molecule has 0 aromatic heterocycles.